The van der Waals surface area contributed by atoms with Gasteiger partial charge < -0.3 is 9.47 Å². The summed E-state index contributed by atoms with van der Waals surface area (Å²) in [6, 6.07) is 7.18. The average Bonchev–Trinajstić information content (AvgIpc) is 3.00. The maximum atomic E-state index is 12.1. The highest BCUT2D eigenvalue weighted by molar-refractivity contribution is 9.10. The van der Waals surface area contributed by atoms with Gasteiger partial charge in [0, 0.05) is 29.5 Å². The number of hydrogen-bond acceptors (Lipinski definition) is 4. The first-order valence-electron chi connectivity index (χ1n) is 7.63. The third-order valence-electron chi connectivity index (χ3n) is 3.75. The second kappa shape index (κ2) is 8.44. The van der Waals surface area contributed by atoms with Gasteiger partial charge in [0.05, 0.1) is 18.6 Å². The van der Waals surface area contributed by atoms with Gasteiger partial charge in [-0.3, -0.25) is 9.59 Å². The molecule has 0 N–H and O–H groups in total. The predicted octanol–water partition coefficient (Wildman–Crippen LogP) is 3.77. The van der Waals surface area contributed by atoms with Crippen molar-refractivity contribution in [1.29, 1.82) is 0 Å². The maximum absolute atomic E-state index is 12.1. The van der Waals surface area contributed by atoms with E-state index in [1.54, 1.807) is 19.1 Å². The third kappa shape index (κ3) is 5.21. The Morgan fingerprint density at radius 1 is 1.45 bits per heavy atom. The Morgan fingerprint density at radius 2 is 2.27 bits per heavy atom. The number of hydrogen-bond donors (Lipinski definition) is 0. The highest BCUT2D eigenvalue weighted by atomic mass is 79.9. The summed E-state index contributed by atoms with van der Waals surface area (Å²) >= 11 is 3.34. The molecule has 22 heavy (non-hydrogen) atoms. The van der Waals surface area contributed by atoms with Gasteiger partial charge in [-0.2, -0.15) is 0 Å². The highest BCUT2D eigenvalue weighted by Crippen LogP contribution is 2.17. The van der Waals surface area contributed by atoms with Crippen LogP contribution in [0.15, 0.2) is 28.7 Å². The minimum Gasteiger partial charge on any atom is -0.465 e. The van der Waals surface area contributed by atoms with Crippen LogP contribution in [0.1, 0.15) is 43.0 Å². The normalized spacial score (nSPS) is 18.9. The summed E-state index contributed by atoms with van der Waals surface area (Å²) in [6.45, 7) is 2.89. The van der Waals surface area contributed by atoms with Gasteiger partial charge in [-0.1, -0.05) is 35.0 Å². The second-order valence-corrected chi connectivity index (χ2v) is 6.55. The molecule has 0 radical (unpaired) electrons. The van der Waals surface area contributed by atoms with Gasteiger partial charge in [-0.25, -0.2) is 0 Å². The van der Waals surface area contributed by atoms with E-state index in [1.807, 2.05) is 12.1 Å². The molecule has 1 aromatic carbocycles. The van der Waals surface area contributed by atoms with Gasteiger partial charge in [0.1, 0.15) is 0 Å². The Bertz CT molecular complexity index is 523. The maximum Gasteiger partial charge on any atom is 0.309 e. The number of rotatable bonds is 7. The van der Waals surface area contributed by atoms with Crippen LogP contribution in [0.3, 0.4) is 0 Å². The average molecular weight is 369 g/mol. The molecule has 2 atom stereocenters. The molecule has 1 aliphatic rings. The molecule has 0 saturated carbocycles. The first-order chi connectivity index (χ1) is 10.6. The highest BCUT2D eigenvalue weighted by Gasteiger charge is 2.21. The molecule has 0 aromatic heterocycles. The molecule has 1 fully saturated rings. The summed E-state index contributed by atoms with van der Waals surface area (Å²) < 4.78 is 11.6. The van der Waals surface area contributed by atoms with Gasteiger partial charge >= 0.3 is 5.97 Å². The standard InChI is InChI=1S/C17H21BrO4/c1-12(10-16(19)13-4-2-5-14(18)11-13)17(20)22-9-7-15-6-3-8-21-15/h2,4-5,11-12,15H,3,6-10H2,1H3/t12-,15+/m0/s1. The third-order valence-corrected chi connectivity index (χ3v) is 4.24. The van der Waals surface area contributed by atoms with Crippen LogP contribution >= 0.6 is 15.9 Å². The summed E-state index contributed by atoms with van der Waals surface area (Å²) in [7, 11) is 0. The minimum atomic E-state index is -0.434. The van der Waals surface area contributed by atoms with Gasteiger partial charge in [0.25, 0.3) is 0 Å². The van der Waals surface area contributed by atoms with Crippen molar-refractivity contribution < 1.29 is 19.1 Å². The molecule has 0 bridgehead atoms. The first-order valence-corrected chi connectivity index (χ1v) is 8.42. The van der Waals surface area contributed by atoms with Crippen LogP contribution in [0.2, 0.25) is 0 Å². The summed E-state index contributed by atoms with van der Waals surface area (Å²) in [5.74, 6) is -0.804. The zero-order chi connectivity index (χ0) is 15.9. The Hall–Kier alpha value is -1.20. The Morgan fingerprint density at radius 3 is 2.95 bits per heavy atom. The minimum absolute atomic E-state index is 0.0510. The fraction of sp³-hybridized carbons (Fsp3) is 0.529. The number of halogens is 1. The van der Waals surface area contributed by atoms with Crippen molar-refractivity contribution in [2.75, 3.05) is 13.2 Å². The number of benzene rings is 1. The van der Waals surface area contributed by atoms with E-state index in [4.69, 9.17) is 9.47 Å². The molecule has 1 heterocycles. The van der Waals surface area contributed by atoms with Gasteiger partial charge in [0.2, 0.25) is 0 Å². The van der Waals surface area contributed by atoms with Crippen LogP contribution in [-0.2, 0) is 14.3 Å². The van der Waals surface area contributed by atoms with E-state index in [0.717, 1.165) is 30.3 Å². The summed E-state index contributed by atoms with van der Waals surface area (Å²) in [6.07, 6.45) is 3.23. The largest absolute Gasteiger partial charge is 0.465 e. The van der Waals surface area contributed by atoms with Crippen molar-refractivity contribution in [2.24, 2.45) is 5.92 Å². The van der Waals surface area contributed by atoms with Crippen LogP contribution in [0.25, 0.3) is 0 Å². The monoisotopic (exact) mass is 368 g/mol. The number of Topliss-reactive ketones (excluding diaryl/α,β-unsaturated/α-hetero) is 1. The molecule has 0 amide bonds. The van der Waals surface area contributed by atoms with E-state index < -0.39 is 5.92 Å². The SMILES string of the molecule is C[C@@H](CC(=O)c1cccc(Br)c1)C(=O)OCC[C@H]1CCCO1. The van der Waals surface area contributed by atoms with E-state index in [-0.39, 0.29) is 24.3 Å². The van der Waals surface area contributed by atoms with Crippen LogP contribution in [0.4, 0.5) is 0 Å². The van der Waals surface area contributed by atoms with Crippen molar-refractivity contribution in [2.45, 2.75) is 38.7 Å². The lowest BCUT2D eigenvalue weighted by Crippen LogP contribution is -2.20. The van der Waals surface area contributed by atoms with Gasteiger partial charge in [-0.05, 0) is 25.0 Å². The molecule has 0 unspecified atom stereocenters. The van der Waals surface area contributed by atoms with Crippen molar-refractivity contribution in [3.05, 3.63) is 34.3 Å². The lowest BCUT2D eigenvalue weighted by atomic mass is 10.00. The Balaban J connectivity index is 1.74. The number of esters is 1. The van der Waals surface area contributed by atoms with Gasteiger partial charge in [-0.15, -0.1) is 0 Å². The summed E-state index contributed by atoms with van der Waals surface area (Å²) in [5.41, 5.74) is 0.605. The number of carbonyl (C=O) groups is 2. The molecule has 0 aliphatic carbocycles. The van der Waals surface area contributed by atoms with Crippen LogP contribution in [0.5, 0.6) is 0 Å². The molecule has 5 heteroatoms. The van der Waals surface area contributed by atoms with E-state index in [2.05, 4.69) is 15.9 Å². The topological polar surface area (TPSA) is 52.6 Å². The molecule has 0 spiro atoms. The predicted molar refractivity (Wildman–Crippen MR) is 86.8 cm³/mol. The van der Waals surface area contributed by atoms with Crippen molar-refractivity contribution in [3.8, 4) is 0 Å². The Kier molecular flexibility index (Phi) is 6.58. The van der Waals surface area contributed by atoms with Crippen molar-refractivity contribution >= 4 is 27.7 Å². The van der Waals surface area contributed by atoms with E-state index in [0.29, 0.717) is 12.2 Å². The molecular weight excluding hydrogens is 348 g/mol. The van der Waals surface area contributed by atoms with E-state index in [9.17, 15) is 9.59 Å². The molecule has 120 valence electrons. The molecule has 4 nitrogen and oxygen atoms in total. The van der Waals surface area contributed by atoms with Crippen molar-refractivity contribution in [1.82, 2.24) is 0 Å². The van der Waals surface area contributed by atoms with Crippen molar-refractivity contribution in [3.63, 3.8) is 0 Å². The zero-order valence-electron chi connectivity index (χ0n) is 12.7. The molecular formula is C17H21BrO4. The van der Waals surface area contributed by atoms with Crippen LogP contribution in [0, 0.1) is 5.92 Å². The van der Waals surface area contributed by atoms with Gasteiger partial charge in [0.15, 0.2) is 5.78 Å². The number of ether oxygens (including phenoxy) is 2. The zero-order valence-corrected chi connectivity index (χ0v) is 14.3. The fourth-order valence-corrected chi connectivity index (χ4v) is 2.85. The molecule has 1 saturated heterocycles. The summed E-state index contributed by atoms with van der Waals surface area (Å²) in [5, 5.41) is 0. The second-order valence-electron chi connectivity index (χ2n) is 5.63. The molecule has 1 aliphatic heterocycles. The lowest BCUT2D eigenvalue weighted by molar-refractivity contribution is -0.148. The first kappa shape index (κ1) is 17.2. The van der Waals surface area contributed by atoms with Crippen LogP contribution < -0.4 is 0 Å². The Labute approximate surface area is 139 Å². The quantitative estimate of drug-likeness (QED) is 0.542. The number of carbonyl (C=O) groups excluding carboxylic acids is 2. The molecule has 1 aromatic rings. The fourth-order valence-electron chi connectivity index (χ4n) is 2.45. The smallest absolute Gasteiger partial charge is 0.309 e. The van der Waals surface area contributed by atoms with E-state index >= 15 is 0 Å². The number of ketones is 1. The van der Waals surface area contributed by atoms with Crippen LogP contribution in [-0.4, -0.2) is 31.1 Å². The molecule has 2 rings (SSSR count). The van der Waals surface area contributed by atoms with E-state index in [1.165, 1.54) is 0 Å². The lowest BCUT2D eigenvalue weighted by Gasteiger charge is -2.13. The summed E-state index contributed by atoms with van der Waals surface area (Å²) in [4.78, 5) is 24.1.